The molecule has 0 saturated carbocycles. The Balaban J connectivity index is 1.43. The third kappa shape index (κ3) is 6.58. The van der Waals surface area contributed by atoms with Crippen LogP contribution in [0.2, 0.25) is 0 Å². The Kier molecular flexibility index (Phi) is 7.98. The van der Waals surface area contributed by atoms with Crippen molar-refractivity contribution in [2.75, 3.05) is 25.0 Å². The average molecular weight is 472 g/mol. The molecule has 1 fully saturated rings. The third-order valence-electron chi connectivity index (χ3n) is 6.85. The Morgan fingerprint density at radius 3 is 2.00 bits per heavy atom. The minimum absolute atomic E-state index is 0.0217. The van der Waals surface area contributed by atoms with Crippen molar-refractivity contribution >= 4 is 17.6 Å². The van der Waals surface area contributed by atoms with Crippen molar-refractivity contribution in [2.45, 2.75) is 46.3 Å². The van der Waals surface area contributed by atoms with Crippen LogP contribution in [0.3, 0.4) is 0 Å². The number of piperidine rings is 1. The third-order valence-corrected chi connectivity index (χ3v) is 6.85. The van der Waals surface area contributed by atoms with Gasteiger partial charge in [-0.2, -0.15) is 0 Å². The van der Waals surface area contributed by atoms with Gasteiger partial charge in [0.1, 0.15) is 13.2 Å². The number of likely N-dealkylation sites (tertiary alicyclic amines) is 1. The fourth-order valence-corrected chi connectivity index (χ4v) is 5.09. The molecule has 0 atom stereocenters. The minimum atomic E-state index is -0.362. The first-order chi connectivity index (χ1) is 16.9. The second kappa shape index (κ2) is 11.3. The molecule has 1 N–H and O–H groups in total. The highest BCUT2D eigenvalue weighted by Gasteiger charge is 2.33. The molecule has 182 valence electrons. The number of rotatable bonds is 8. The SMILES string of the molecule is Cc1cc(C(=O)OCc2ccccc2)cc(C)c1NC(=O)C[N+]1(Cc2ccccc2)CCCCC1. The Morgan fingerprint density at radius 1 is 0.829 bits per heavy atom. The first-order valence-electron chi connectivity index (χ1n) is 12.5. The van der Waals surface area contributed by atoms with E-state index < -0.39 is 0 Å². The van der Waals surface area contributed by atoms with E-state index in [1.54, 1.807) is 12.1 Å². The van der Waals surface area contributed by atoms with Gasteiger partial charge in [-0.15, -0.1) is 0 Å². The number of carbonyl (C=O) groups excluding carboxylic acids is 2. The summed E-state index contributed by atoms with van der Waals surface area (Å²) in [6.45, 7) is 7.45. The van der Waals surface area contributed by atoms with Gasteiger partial charge in [0.05, 0.1) is 18.7 Å². The maximum Gasteiger partial charge on any atom is 0.338 e. The number of hydrogen-bond acceptors (Lipinski definition) is 3. The van der Waals surface area contributed by atoms with Gasteiger partial charge in [0, 0.05) is 11.3 Å². The first-order valence-corrected chi connectivity index (χ1v) is 12.5. The van der Waals surface area contributed by atoms with E-state index in [4.69, 9.17) is 4.74 Å². The van der Waals surface area contributed by atoms with Crippen molar-refractivity contribution in [3.05, 3.63) is 101 Å². The number of carbonyl (C=O) groups is 2. The van der Waals surface area contributed by atoms with Gasteiger partial charge < -0.3 is 14.5 Å². The Morgan fingerprint density at radius 2 is 1.40 bits per heavy atom. The molecule has 3 aromatic carbocycles. The van der Waals surface area contributed by atoms with Gasteiger partial charge in [-0.25, -0.2) is 4.79 Å². The molecular weight excluding hydrogens is 436 g/mol. The largest absolute Gasteiger partial charge is 0.457 e. The zero-order chi connectivity index (χ0) is 24.7. The average Bonchev–Trinajstić information content (AvgIpc) is 2.86. The summed E-state index contributed by atoms with van der Waals surface area (Å²) >= 11 is 0. The van der Waals surface area contributed by atoms with Gasteiger partial charge in [0.25, 0.3) is 5.91 Å². The molecule has 0 aromatic heterocycles. The van der Waals surface area contributed by atoms with E-state index in [-0.39, 0.29) is 18.5 Å². The summed E-state index contributed by atoms with van der Waals surface area (Å²) in [7, 11) is 0. The molecule has 1 amide bonds. The van der Waals surface area contributed by atoms with E-state index in [0.717, 1.165) is 59.3 Å². The molecule has 5 nitrogen and oxygen atoms in total. The van der Waals surface area contributed by atoms with Crippen LogP contribution in [-0.4, -0.2) is 36.0 Å². The van der Waals surface area contributed by atoms with Crippen LogP contribution >= 0.6 is 0 Å². The molecular formula is C30H35N2O3+. The fraction of sp³-hybridized carbons (Fsp3) is 0.333. The number of ether oxygens (including phenoxy) is 1. The lowest BCUT2D eigenvalue weighted by molar-refractivity contribution is -0.937. The van der Waals surface area contributed by atoms with Crippen LogP contribution in [0.1, 0.15) is 51.9 Å². The number of nitrogens with zero attached hydrogens (tertiary/aromatic N) is 1. The number of aryl methyl sites for hydroxylation is 2. The molecule has 5 heteroatoms. The predicted molar refractivity (Wildman–Crippen MR) is 139 cm³/mol. The van der Waals surface area contributed by atoms with E-state index in [1.807, 2.05) is 50.2 Å². The second-order valence-corrected chi connectivity index (χ2v) is 9.75. The lowest BCUT2D eigenvalue weighted by atomic mass is 10.0. The Bertz CT molecular complexity index is 1130. The molecule has 35 heavy (non-hydrogen) atoms. The van der Waals surface area contributed by atoms with Crippen LogP contribution in [0.5, 0.6) is 0 Å². The van der Waals surface area contributed by atoms with Gasteiger partial charge in [0.15, 0.2) is 6.54 Å². The van der Waals surface area contributed by atoms with Crippen LogP contribution < -0.4 is 5.32 Å². The normalized spacial score (nSPS) is 14.8. The van der Waals surface area contributed by atoms with Gasteiger partial charge in [0.2, 0.25) is 0 Å². The maximum atomic E-state index is 13.2. The van der Waals surface area contributed by atoms with Crippen molar-refractivity contribution in [1.82, 2.24) is 0 Å². The number of hydrogen-bond donors (Lipinski definition) is 1. The summed E-state index contributed by atoms with van der Waals surface area (Å²) in [6, 6.07) is 23.7. The minimum Gasteiger partial charge on any atom is -0.457 e. The van der Waals surface area contributed by atoms with Gasteiger partial charge in [-0.05, 0) is 61.9 Å². The van der Waals surface area contributed by atoms with Crippen molar-refractivity contribution in [1.29, 1.82) is 0 Å². The molecule has 0 spiro atoms. The number of benzene rings is 3. The number of nitrogens with one attached hydrogen (secondary N) is 1. The molecule has 3 aromatic rings. The van der Waals surface area contributed by atoms with E-state index in [9.17, 15) is 9.59 Å². The number of quaternary nitrogens is 1. The van der Waals surface area contributed by atoms with E-state index in [2.05, 4.69) is 29.6 Å². The maximum absolute atomic E-state index is 13.2. The molecule has 0 unspecified atom stereocenters. The van der Waals surface area contributed by atoms with Crippen molar-refractivity contribution < 1.29 is 18.8 Å². The Hall–Kier alpha value is -3.44. The van der Waals surface area contributed by atoms with Crippen LogP contribution in [0.15, 0.2) is 72.8 Å². The smallest absolute Gasteiger partial charge is 0.338 e. The summed E-state index contributed by atoms with van der Waals surface area (Å²) in [5, 5.41) is 3.15. The Labute approximate surface area is 208 Å². The summed E-state index contributed by atoms with van der Waals surface area (Å²) in [4.78, 5) is 25.9. The van der Waals surface area contributed by atoms with Crippen molar-refractivity contribution in [3.8, 4) is 0 Å². The van der Waals surface area contributed by atoms with Crippen molar-refractivity contribution in [3.63, 3.8) is 0 Å². The summed E-state index contributed by atoms with van der Waals surface area (Å²) in [6.07, 6.45) is 3.53. The lowest BCUT2D eigenvalue weighted by Gasteiger charge is -2.41. The van der Waals surface area contributed by atoms with Crippen molar-refractivity contribution in [2.24, 2.45) is 0 Å². The molecule has 4 rings (SSSR count). The highest BCUT2D eigenvalue weighted by atomic mass is 16.5. The topological polar surface area (TPSA) is 55.4 Å². The summed E-state index contributed by atoms with van der Waals surface area (Å²) in [5.41, 5.74) is 5.22. The number of anilines is 1. The van der Waals surface area contributed by atoms with Gasteiger partial charge >= 0.3 is 5.97 Å². The van der Waals surface area contributed by atoms with Crippen LogP contribution in [0, 0.1) is 13.8 Å². The van der Waals surface area contributed by atoms with Crippen LogP contribution in [-0.2, 0) is 22.7 Å². The number of amides is 1. The van der Waals surface area contributed by atoms with Crippen LogP contribution in [0.4, 0.5) is 5.69 Å². The molecule has 1 aliphatic heterocycles. The van der Waals surface area contributed by atoms with E-state index >= 15 is 0 Å². The second-order valence-electron chi connectivity index (χ2n) is 9.75. The standard InChI is InChI=1S/C30H34N2O3/c1-23-18-27(30(34)35-22-26-14-8-4-9-15-26)19-24(2)29(23)31-28(33)21-32(16-10-5-11-17-32)20-25-12-6-3-7-13-25/h3-4,6-9,12-15,18-19H,5,10-11,16-17,20-22H2,1-2H3/p+1. The number of esters is 1. The molecule has 1 heterocycles. The molecule has 0 bridgehead atoms. The molecule has 1 saturated heterocycles. The quantitative estimate of drug-likeness (QED) is 0.334. The zero-order valence-corrected chi connectivity index (χ0v) is 20.8. The monoisotopic (exact) mass is 471 g/mol. The summed E-state index contributed by atoms with van der Waals surface area (Å²) < 4.78 is 6.28. The summed E-state index contributed by atoms with van der Waals surface area (Å²) in [5.74, 6) is -0.341. The fourth-order valence-electron chi connectivity index (χ4n) is 5.09. The van der Waals surface area contributed by atoms with Crippen LogP contribution in [0.25, 0.3) is 0 Å². The van der Waals surface area contributed by atoms with E-state index in [1.165, 1.54) is 12.0 Å². The van der Waals surface area contributed by atoms with E-state index in [0.29, 0.717) is 12.1 Å². The molecule has 1 aliphatic rings. The first kappa shape index (κ1) is 24.7. The van der Waals surface area contributed by atoms with Gasteiger partial charge in [-0.3, -0.25) is 4.79 Å². The highest BCUT2D eigenvalue weighted by Crippen LogP contribution is 2.26. The predicted octanol–water partition coefficient (Wildman–Crippen LogP) is 5.80. The van der Waals surface area contributed by atoms with Gasteiger partial charge in [-0.1, -0.05) is 60.7 Å². The molecule has 0 aliphatic carbocycles. The zero-order valence-electron chi connectivity index (χ0n) is 20.8. The molecule has 0 radical (unpaired) electrons. The highest BCUT2D eigenvalue weighted by molar-refractivity contribution is 5.95. The lowest BCUT2D eigenvalue weighted by Crippen LogP contribution is -2.54.